The maximum absolute atomic E-state index is 10.7. The predicted octanol–water partition coefficient (Wildman–Crippen LogP) is 1.83. The first kappa shape index (κ1) is 11.5. The van der Waals surface area contributed by atoms with Gasteiger partial charge in [0, 0.05) is 6.54 Å². The van der Waals surface area contributed by atoms with Crippen LogP contribution in [0, 0.1) is 11.8 Å². The summed E-state index contributed by atoms with van der Waals surface area (Å²) in [6.07, 6.45) is 3.91. The number of carbonyl (C=O) groups is 1. The average molecular weight is 199 g/mol. The minimum absolute atomic E-state index is 0.0711. The van der Waals surface area contributed by atoms with Crippen molar-refractivity contribution in [3.8, 4) is 0 Å². The van der Waals surface area contributed by atoms with E-state index in [9.17, 15) is 4.79 Å². The fourth-order valence-corrected chi connectivity index (χ4v) is 2.16. The summed E-state index contributed by atoms with van der Waals surface area (Å²) in [6.45, 7) is 4.37. The van der Waals surface area contributed by atoms with Crippen molar-refractivity contribution in [1.82, 2.24) is 4.90 Å². The van der Waals surface area contributed by atoms with Crippen molar-refractivity contribution in [3.05, 3.63) is 0 Å². The molecule has 3 nitrogen and oxygen atoms in total. The van der Waals surface area contributed by atoms with Crippen molar-refractivity contribution >= 4 is 5.97 Å². The highest BCUT2D eigenvalue weighted by Gasteiger charge is 2.25. The molecule has 0 atom stereocenters. The van der Waals surface area contributed by atoms with Gasteiger partial charge >= 0.3 is 5.97 Å². The molecule has 1 N–H and O–H groups in total. The Morgan fingerprint density at radius 3 is 2.36 bits per heavy atom. The first-order valence-corrected chi connectivity index (χ1v) is 5.54. The van der Waals surface area contributed by atoms with Gasteiger partial charge < -0.3 is 10.0 Å². The zero-order valence-corrected chi connectivity index (χ0v) is 9.20. The SMILES string of the molecule is CCN(C)C[C@H]1CC[C@H](C(=O)O)CC1. The third-order valence-electron chi connectivity index (χ3n) is 3.31. The number of carboxylic acids is 1. The number of hydrogen-bond acceptors (Lipinski definition) is 2. The molecule has 1 rings (SSSR count). The van der Waals surface area contributed by atoms with Gasteiger partial charge in [-0.2, -0.15) is 0 Å². The second-order valence-corrected chi connectivity index (χ2v) is 4.41. The Morgan fingerprint density at radius 1 is 1.36 bits per heavy atom. The lowest BCUT2D eigenvalue weighted by Crippen LogP contribution is -2.30. The van der Waals surface area contributed by atoms with Crippen molar-refractivity contribution in [2.24, 2.45) is 11.8 Å². The maximum atomic E-state index is 10.7. The lowest BCUT2D eigenvalue weighted by atomic mass is 9.82. The van der Waals surface area contributed by atoms with Crippen LogP contribution in [-0.2, 0) is 4.79 Å². The zero-order chi connectivity index (χ0) is 10.6. The van der Waals surface area contributed by atoms with Gasteiger partial charge in [-0.25, -0.2) is 0 Å². The van der Waals surface area contributed by atoms with Gasteiger partial charge in [-0.1, -0.05) is 6.92 Å². The number of hydrogen-bond donors (Lipinski definition) is 1. The molecule has 0 saturated heterocycles. The van der Waals surface area contributed by atoms with Gasteiger partial charge in [0.15, 0.2) is 0 Å². The fraction of sp³-hybridized carbons (Fsp3) is 0.909. The van der Waals surface area contributed by atoms with Gasteiger partial charge in [-0.15, -0.1) is 0 Å². The van der Waals surface area contributed by atoms with Crippen molar-refractivity contribution in [2.75, 3.05) is 20.1 Å². The number of rotatable bonds is 4. The van der Waals surface area contributed by atoms with E-state index in [2.05, 4.69) is 18.9 Å². The van der Waals surface area contributed by atoms with Crippen LogP contribution in [0.4, 0.5) is 0 Å². The van der Waals surface area contributed by atoms with Crippen LogP contribution in [-0.4, -0.2) is 36.1 Å². The predicted molar refractivity (Wildman–Crippen MR) is 56.3 cm³/mol. The smallest absolute Gasteiger partial charge is 0.306 e. The number of aliphatic carboxylic acids is 1. The van der Waals surface area contributed by atoms with Crippen molar-refractivity contribution in [2.45, 2.75) is 32.6 Å². The van der Waals surface area contributed by atoms with Crippen LogP contribution in [0.2, 0.25) is 0 Å². The van der Waals surface area contributed by atoms with Crippen molar-refractivity contribution in [3.63, 3.8) is 0 Å². The molecule has 0 amide bonds. The largest absolute Gasteiger partial charge is 0.481 e. The minimum Gasteiger partial charge on any atom is -0.481 e. The van der Waals surface area contributed by atoms with E-state index in [-0.39, 0.29) is 5.92 Å². The maximum Gasteiger partial charge on any atom is 0.306 e. The first-order chi connectivity index (χ1) is 6.63. The number of carboxylic acid groups (broad SMARTS) is 1. The van der Waals surface area contributed by atoms with E-state index in [1.165, 1.54) is 0 Å². The third kappa shape index (κ3) is 3.29. The molecule has 0 radical (unpaired) electrons. The van der Waals surface area contributed by atoms with Crippen LogP contribution >= 0.6 is 0 Å². The molecule has 1 saturated carbocycles. The van der Waals surface area contributed by atoms with Gasteiger partial charge in [0.25, 0.3) is 0 Å². The molecule has 0 aromatic carbocycles. The normalized spacial score (nSPS) is 27.9. The fourth-order valence-electron chi connectivity index (χ4n) is 2.16. The van der Waals surface area contributed by atoms with E-state index in [0.717, 1.165) is 44.7 Å². The van der Waals surface area contributed by atoms with Crippen molar-refractivity contribution < 1.29 is 9.90 Å². The summed E-state index contributed by atoms with van der Waals surface area (Å²) < 4.78 is 0. The topological polar surface area (TPSA) is 40.5 Å². The van der Waals surface area contributed by atoms with Crippen LogP contribution in [0.5, 0.6) is 0 Å². The molecule has 0 bridgehead atoms. The highest BCUT2D eigenvalue weighted by Crippen LogP contribution is 2.29. The summed E-state index contributed by atoms with van der Waals surface area (Å²) in [7, 11) is 2.13. The van der Waals surface area contributed by atoms with E-state index in [0.29, 0.717) is 0 Å². The second-order valence-electron chi connectivity index (χ2n) is 4.41. The number of nitrogens with zero attached hydrogens (tertiary/aromatic N) is 1. The summed E-state index contributed by atoms with van der Waals surface area (Å²) in [5.41, 5.74) is 0. The molecule has 3 heteroatoms. The summed E-state index contributed by atoms with van der Waals surface area (Å²) in [4.78, 5) is 13.0. The van der Waals surface area contributed by atoms with E-state index < -0.39 is 5.97 Å². The molecule has 0 spiro atoms. The first-order valence-electron chi connectivity index (χ1n) is 5.54. The Morgan fingerprint density at radius 2 is 1.93 bits per heavy atom. The zero-order valence-electron chi connectivity index (χ0n) is 9.20. The standard InChI is InChI=1S/C11H21NO2/c1-3-12(2)8-9-4-6-10(7-5-9)11(13)14/h9-10H,3-8H2,1-2H3,(H,13,14)/t9-,10-. The molecule has 0 heterocycles. The second kappa shape index (κ2) is 5.35. The molecule has 1 fully saturated rings. The highest BCUT2D eigenvalue weighted by atomic mass is 16.4. The van der Waals surface area contributed by atoms with E-state index in [1.54, 1.807) is 0 Å². The van der Waals surface area contributed by atoms with Gasteiger partial charge in [0.2, 0.25) is 0 Å². The molecule has 0 aromatic rings. The lowest BCUT2D eigenvalue weighted by Gasteiger charge is -2.29. The summed E-state index contributed by atoms with van der Waals surface area (Å²) >= 11 is 0. The van der Waals surface area contributed by atoms with Crippen LogP contribution in [0.1, 0.15) is 32.6 Å². The molecular formula is C11H21NO2. The highest BCUT2D eigenvalue weighted by molar-refractivity contribution is 5.69. The van der Waals surface area contributed by atoms with Crippen LogP contribution in [0.25, 0.3) is 0 Å². The molecule has 0 aromatic heterocycles. The average Bonchev–Trinajstić information content (AvgIpc) is 2.18. The third-order valence-corrected chi connectivity index (χ3v) is 3.31. The van der Waals surface area contributed by atoms with Gasteiger partial charge in [0.1, 0.15) is 0 Å². The van der Waals surface area contributed by atoms with Crippen LogP contribution in [0.3, 0.4) is 0 Å². The molecule has 1 aliphatic rings. The molecule has 0 aliphatic heterocycles. The van der Waals surface area contributed by atoms with Gasteiger partial charge in [-0.05, 0) is 45.2 Å². The molecular weight excluding hydrogens is 178 g/mol. The Balaban J connectivity index is 2.25. The minimum atomic E-state index is -0.604. The Kier molecular flexibility index (Phi) is 4.39. The summed E-state index contributed by atoms with van der Waals surface area (Å²) in [5, 5.41) is 8.84. The quantitative estimate of drug-likeness (QED) is 0.751. The summed E-state index contributed by atoms with van der Waals surface area (Å²) in [5.74, 6) is 0.0426. The van der Waals surface area contributed by atoms with Gasteiger partial charge in [0.05, 0.1) is 5.92 Å². The molecule has 1 aliphatic carbocycles. The van der Waals surface area contributed by atoms with Crippen molar-refractivity contribution in [1.29, 1.82) is 0 Å². The monoisotopic (exact) mass is 199 g/mol. The Labute approximate surface area is 86.1 Å². The lowest BCUT2D eigenvalue weighted by molar-refractivity contribution is -0.143. The van der Waals surface area contributed by atoms with Crippen LogP contribution in [0.15, 0.2) is 0 Å². The van der Waals surface area contributed by atoms with E-state index in [4.69, 9.17) is 5.11 Å². The van der Waals surface area contributed by atoms with E-state index in [1.807, 2.05) is 0 Å². The Hall–Kier alpha value is -0.570. The summed E-state index contributed by atoms with van der Waals surface area (Å²) in [6, 6.07) is 0. The van der Waals surface area contributed by atoms with E-state index >= 15 is 0 Å². The molecule has 14 heavy (non-hydrogen) atoms. The Bertz CT molecular complexity index is 186. The molecule has 82 valence electrons. The van der Waals surface area contributed by atoms with Gasteiger partial charge in [-0.3, -0.25) is 4.79 Å². The molecule has 0 unspecified atom stereocenters. The van der Waals surface area contributed by atoms with Crippen LogP contribution < -0.4 is 0 Å².